The van der Waals surface area contributed by atoms with Crippen molar-refractivity contribution in [2.45, 2.75) is 19.5 Å². The highest BCUT2D eigenvalue weighted by atomic mass is 16.1. The quantitative estimate of drug-likeness (QED) is 0.373. The molecule has 4 heteroatoms. The van der Waals surface area contributed by atoms with Gasteiger partial charge in [-0.3, -0.25) is 4.79 Å². The van der Waals surface area contributed by atoms with Crippen LogP contribution in [0, 0.1) is 0 Å². The Balaban J connectivity index is 1.82. The van der Waals surface area contributed by atoms with E-state index in [0.29, 0.717) is 0 Å². The fraction of sp³-hybridized carbons (Fsp3) is 0.185. The second-order valence-corrected chi connectivity index (χ2v) is 7.99. The van der Waals surface area contributed by atoms with Crippen molar-refractivity contribution in [1.82, 2.24) is 14.5 Å². The summed E-state index contributed by atoms with van der Waals surface area (Å²) < 4.78 is 2.31. The first kappa shape index (κ1) is 20.8. The molecule has 31 heavy (non-hydrogen) atoms. The molecular formula is C27H27N3O. The van der Waals surface area contributed by atoms with Crippen LogP contribution in [0.25, 0.3) is 28.5 Å². The van der Waals surface area contributed by atoms with Gasteiger partial charge in [0.15, 0.2) is 5.78 Å². The fourth-order valence-electron chi connectivity index (χ4n) is 3.89. The van der Waals surface area contributed by atoms with E-state index in [1.54, 1.807) is 13.0 Å². The van der Waals surface area contributed by atoms with Crippen LogP contribution >= 0.6 is 0 Å². The molecule has 0 saturated heterocycles. The topological polar surface area (TPSA) is 38.1 Å². The maximum absolute atomic E-state index is 11.4. The van der Waals surface area contributed by atoms with Crippen molar-refractivity contribution in [2.75, 3.05) is 14.1 Å². The zero-order valence-electron chi connectivity index (χ0n) is 18.2. The van der Waals surface area contributed by atoms with E-state index in [9.17, 15) is 4.79 Å². The normalized spacial score (nSPS) is 12.6. The molecule has 3 aromatic carbocycles. The number of nitrogens with zero attached hydrogens (tertiary/aromatic N) is 3. The average molecular weight is 410 g/mol. The predicted molar refractivity (Wildman–Crippen MR) is 128 cm³/mol. The Bertz CT molecular complexity index is 1220. The van der Waals surface area contributed by atoms with Crippen LogP contribution in [0.15, 0.2) is 84.9 Å². The van der Waals surface area contributed by atoms with Gasteiger partial charge in [0.1, 0.15) is 5.82 Å². The molecule has 1 unspecified atom stereocenters. The largest absolute Gasteiger partial charge is 0.322 e. The van der Waals surface area contributed by atoms with E-state index in [1.807, 2.05) is 30.3 Å². The second-order valence-electron chi connectivity index (χ2n) is 7.99. The molecule has 0 bridgehead atoms. The zero-order valence-corrected chi connectivity index (χ0v) is 18.2. The van der Waals surface area contributed by atoms with E-state index in [1.165, 1.54) is 5.56 Å². The van der Waals surface area contributed by atoms with E-state index in [-0.39, 0.29) is 11.8 Å². The smallest absolute Gasteiger partial charge is 0.152 e. The van der Waals surface area contributed by atoms with Gasteiger partial charge < -0.3 is 9.47 Å². The molecule has 0 aliphatic rings. The zero-order chi connectivity index (χ0) is 21.8. The van der Waals surface area contributed by atoms with Crippen molar-refractivity contribution < 1.29 is 4.79 Å². The van der Waals surface area contributed by atoms with Gasteiger partial charge >= 0.3 is 0 Å². The summed E-state index contributed by atoms with van der Waals surface area (Å²) in [5, 5.41) is 0. The van der Waals surface area contributed by atoms with Crippen LogP contribution in [-0.4, -0.2) is 34.3 Å². The maximum atomic E-state index is 11.4. The van der Waals surface area contributed by atoms with Gasteiger partial charge in [-0.25, -0.2) is 4.98 Å². The Kier molecular flexibility index (Phi) is 6.10. The lowest BCUT2D eigenvalue weighted by molar-refractivity contribution is -0.112. The molecule has 1 aromatic heterocycles. The van der Waals surface area contributed by atoms with E-state index < -0.39 is 0 Å². The summed E-state index contributed by atoms with van der Waals surface area (Å²) in [6.45, 7) is 2.34. The second kappa shape index (κ2) is 9.11. The molecule has 156 valence electrons. The van der Waals surface area contributed by atoms with Crippen molar-refractivity contribution in [1.29, 1.82) is 0 Å². The molecule has 0 saturated carbocycles. The van der Waals surface area contributed by atoms with Crippen molar-refractivity contribution in [3.8, 4) is 11.4 Å². The standard InChI is InChI=1S/C27H27N3O/c1-20(31)16-17-21-10-9-13-23(18-21)27-28-24-14-7-8-15-25(24)30(27)19-26(29(2)3)22-11-5-4-6-12-22/h4-18,26H,19H2,1-3H3/b17-16+. The first-order chi connectivity index (χ1) is 15.0. The third kappa shape index (κ3) is 4.65. The van der Waals surface area contributed by atoms with Gasteiger partial charge in [0.05, 0.1) is 17.1 Å². The Morgan fingerprint density at radius 2 is 1.74 bits per heavy atom. The lowest BCUT2D eigenvalue weighted by Crippen LogP contribution is -2.25. The fourth-order valence-corrected chi connectivity index (χ4v) is 3.89. The summed E-state index contributed by atoms with van der Waals surface area (Å²) in [6, 6.07) is 27.2. The van der Waals surface area contributed by atoms with E-state index in [4.69, 9.17) is 4.98 Å². The van der Waals surface area contributed by atoms with Crippen LogP contribution in [0.2, 0.25) is 0 Å². The molecule has 4 aromatic rings. The summed E-state index contributed by atoms with van der Waals surface area (Å²) in [4.78, 5) is 18.6. The number of rotatable bonds is 7. The number of ketones is 1. The molecule has 0 fully saturated rings. The predicted octanol–water partition coefficient (Wildman–Crippen LogP) is 5.61. The number of hydrogen-bond donors (Lipinski definition) is 0. The summed E-state index contributed by atoms with van der Waals surface area (Å²) >= 11 is 0. The third-order valence-electron chi connectivity index (χ3n) is 5.47. The average Bonchev–Trinajstić information content (AvgIpc) is 3.15. The van der Waals surface area contributed by atoms with Gasteiger partial charge in [0, 0.05) is 12.1 Å². The van der Waals surface area contributed by atoms with Crippen LogP contribution in [0.1, 0.15) is 24.1 Å². The summed E-state index contributed by atoms with van der Waals surface area (Å²) in [5.41, 5.74) is 5.39. The molecule has 0 aliphatic heterocycles. The SMILES string of the molecule is CC(=O)/C=C/c1cccc(-c2nc3ccccc3n2CC(c2ccccc2)N(C)C)c1. The molecule has 1 atom stereocenters. The number of aromatic nitrogens is 2. The molecule has 1 heterocycles. The Morgan fingerprint density at radius 3 is 2.48 bits per heavy atom. The highest BCUT2D eigenvalue weighted by molar-refractivity contribution is 5.91. The number of allylic oxidation sites excluding steroid dienone is 1. The first-order valence-corrected chi connectivity index (χ1v) is 10.5. The van der Waals surface area contributed by atoms with Gasteiger partial charge in [-0.05, 0) is 56.4 Å². The Labute approximate surface area is 183 Å². The number of carbonyl (C=O) groups is 1. The number of imidazole rings is 1. The number of likely N-dealkylation sites (N-methyl/N-ethyl adjacent to an activating group) is 1. The van der Waals surface area contributed by atoms with Crippen LogP contribution in [0.5, 0.6) is 0 Å². The number of fused-ring (bicyclic) bond motifs is 1. The molecule has 4 rings (SSSR count). The van der Waals surface area contributed by atoms with Crippen molar-refractivity contribution in [3.05, 3.63) is 96.1 Å². The van der Waals surface area contributed by atoms with Crippen LogP contribution in [0.4, 0.5) is 0 Å². The van der Waals surface area contributed by atoms with Crippen LogP contribution in [0.3, 0.4) is 0 Å². The van der Waals surface area contributed by atoms with E-state index in [2.05, 4.69) is 78.2 Å². The molecule has 0 aliphatic carbocycles. The minimum Gasteiger partial charge on any atom is -0.322 e. The van der Waals surface area contributed by atoms with Crippen molar-refractivity contribution >= 4 is 22.9 Å². The van der Waals surface area contributed by atoms with Gasteiger partial charge in [0.2, 0.25) is 0 Å². The number of benzene rings is 3. The maximum Gasteiger partial charge on any atom is 0.152 e. The molecule has 0 spiro atoms. The van der Waals surface area contributed by atoms with E-state index >= 15 is 0 Å². The van der Waals surface area contributed by atoms with Crippen molar-refractivity contribution in [3.63, 3.8) is 0 Å². The third-order valence-corrected chi connectivity index (χ3v) is 5.47. The summed E-state index contributed by atoms with van der Waals surface area (Å²) in [7, 11) is 4.23. The molecule has 0 amide bonds. The van der Waals surface area contributed by atoms with Gasteiger partial charge in [0.25, 0.3) is 0 Å². The van der Waals surface area contributed by atoms with E-state index in [0.717, 1.165) is 34.5 Å². The van der Waals surface area contributed by atoms with Crippen LogP contribution in [-0.2, 0) is 11.3 Å². The Hall–Kier alpha value is -3.50. The highest BCUT2D eigenvalue weighted by Gasteiger charge is 2.20. The minimum atomic E-state index is 0.0364. The van der Waals surface area contributed by atoms with Crippen LogP contribution < -0.4 is 0 Å². The van der Waals surface area contributed by atoms with Gasteiger partial charge in [-0.15, -0.1) is 0 Å². The number of para-hydroxylation sites is 2. The molecule has 4 nitrogen and oxygen atoms in total. The molecule has 0 radical (unpaired) electrons. The van der Waals surface area contributed by atoms with Crippen molar-refractivity contribution in [2.24, 2.45) is 0 Å². The monoisotopic (exact) mass is 409 g/mol. The first-order valence-electron chi connectivity index (χ1n) is 10.5. The highest BCUT2D eigenvalue weighted by Crippen LogP contribution is 2.29. The molecule has 0 N–H and O–H groups in total. The number of hydrogen-bond acceptors (Lipinski definition) is 3. The minimum absolute atomic E-state index is 0.0364. The summed E-state index contributed by atoms with van der Waals surface area (Å²) in [5.74, 6) is 0.969. The number of carbonyl (C=O) groups excluding carboxylic acids is 1. The van der Waals surface area contributed by atoms with Gasteiger partial charge in [-0.2, -0.15) is 0 Å². The lowest BCUT2D eigenvalue weighted by Gasteiger charge is -2.26. The lowest BCUT2D eigenvalue weighted by atomic mass is 10.1. The van der Waals surface area contributed by atoms with Gasteiger partial charge in [-0.1, -0.05) is 66.7 Å². The Morgan fingerprint density at radius 1 is 1.00 bits per heavy atom. The summed E-state index contributed by atoms with van der Waals surface area (Å²) in [6.07, 6.45) is 3.45. The molecular weight excluding hydrogens is 382 g/mol.